The molecule has 0 aliphatic rings. The summed E-state index contributed by atoms with van der Waals surface area (Å²) >= 11 is 0. The first-order valence-electron chi connectivity index (χ1n) is 5.14. The van der Waals surface area contributed by atoms with Gasteiger partial charge in [-0.1, -0.05) is 6.92 Å². The molecule has 4 heteroatoms. The van der Waals surface area contributed by atoms with Gasteiger partial charge in [0.15, 0.2) is 0 Å². The first kappa shape index (κ1) is 12.9. The second-order valence-corrected chi connectivity index (χ2v) is 3.25. The minimum Gasteiger partial charge on any atom is -0.343 e. The summed E-state index contributed by atoms with van der Waals surface area (Å²) in [5, 5.41) is 0. The van der Waals surface area contributed by atoms with Crippen LogP contribution in [0.5, 0.6) is 0 Å². The number of rotatable bonds is 7. The third-order valence-electron chi connectivity index (χ3n) is 2.03. The highest BCUT2D eigenvalue weighted by Gasteiger charge is 2.09. The largest absolute Gasteiger partial charge is 0.343 e. The van der Waals surface area contributed by atoms with Crippen molar-refractivity contribution in [3.05, 3.63) is 0 Å². The molecule has 0 atom stereocenters. The summed E-state index contributed by atoms with van der Waals surface area (Å²) in [6.07, 6.45) is 2.27. The SMILES string of the molecule is CCCC(=O)N(CC)CCCC([NH])=O. The Morgan fingerprint density at radius 3 is 2.29 bits per heavy atom. The van der Waals surface area contributed by atoms with Gasteiger partial charge in [0, 0.05) is 25.9 Å². The fourth-order valence-corrected chi connectivity index (χ4v) is 1.26. The number of hydrogen-bond acceptors (Lipinski definition) is 2. The van der Waals surface area contributed by atoms with Gasteiger partial charge in [-0.15, -0.1) is 0 Å². The molecule has 0 rings (SSSR count). The monoisotopic (exact) mass is 199 g/mol. The molecule has 0 aliphatic carbocycles. The third-order valence-corrected chi connectivity index (χ3v) is 2.03. The molecular weight excluding hydrogens is 180 g/mol. The van der Waals surface area contributed by atoms with Gasteiger partial charge in [0.1, 0.15) is 0 Å². The van der Waals surface area contributed by atoms with Crippen LogP contribution in [-0.4, -0.2) is 29.8 Å². The fourth-order valence-electron chi connectivity index (χ4n) is 1.26. The zero-order valence-corrected chi connectivity index (χ0v) is 9.01. The van der Waals surface area contributed by atoms with E-state index in [0.717, 1.165) is 6.42 Å². The standard InChI is InChI=1S/C10H19N2O2/c1-3-6-10(14)12(4-2)8-5-7-9(11)13/h11H,3-8H2,1-2H3. The maximum Gasteiger partial charge on any atom is 0.238 e. The van der Waals surface area contributed by atoms with Crippen molar-refractivity contribution in [2.45, 2.75) is 39.5 Å². The number of carbonyl (C=O) groups excluding carboxylic acids is 2. The summed E-state index contributed by atoms with van der Waals surface area (Å²) in [5.74, 6) is -0.406. The van der Waals surface area contributed by atoms with Gasteiger partial charge in [-0.05, 0) is 19.8 Å². The molecule has 81 valence electrons. The highest BCUT2D eigenvalue weighted by atomic mass is 16.2. The molecule has 4 nitrogen and oxygen atoms in total. The molecule has 1 radical (unpaired) electrons. The fraction of sp³-hybridized carbons (Fsp3) is 0.800. The van der Waals surface area contributed by atoms with Crippen LogP contribution in [0.25, 0.3) is 0 Å². The van der Waals surface area contributed by atoms with Gasteiger partial charge in [-0.25, -0.2) is 0 Å². The Morgan fingerprint density at radius 2 is 1.86 bits per heavy atom. The average molecular weight is 199 g/mol. The summed E-state index contributed by atoms with van der Waals surface area (Å²) in [5.41, 5.74) is 6.73. The van der Waals surface area contributed by atoms with Crippen LogP contribution < -0.4 is 5.73 Å². The Balaban J connectivity index is 3.78. The van der Waals surface area contributed by atoms with Crippen molar-refractivity contribution in [2.24, 2.45) is 0 Å². The zero-order valence-electron chi connectivity index (χ0n) is 9.01. The van der Waals surface area contributed by atoms with Crippen molar-refractivity contribution < 1.29 is 9.59 Å². The Kier molecular flexibility index (Phi) is 6.80. The minimum absolute atomic E-state index is 0.146. The first-order chi connectivity index (χ1) is 6.61. The summed E-state index contributed by atoms with van der Waals surface area (Å²) in [4.78, 5) is 23.6. The zero-order chi connectivity index (χ0) is 11.0. The Bertz CT molecular complexity index is 193. The number of nitrogens with one attached hydrogen (secondary N) is 1. The number of amides is 2. The van der Waals surface area contributed by atoms with Crippen LogP contribution in [0.15, 0.2) is 0 Å². The molecule has 1 N–H and O–H groups in total. The van der Waals surface area contributed by atoms with Gasteiger partial charge >= 0.3 is 0 Å². The second kappa shape index (κ2) is 7.35. The molecule has 2 amide bonds. The van der Waals surface area contributed by atoms with Crippen LogP contribution in [0.1, 0.15) is 39.5 Å². The number of hydrogen-bond donors (Lipinski definition) is 0. The lowest BCUT2D eigenvalue weighted by molar-refractivity contribution is -0.131. The lowest BCUT2D eigenvalue weighted by Gasteiger charge is -2.20. The van der Waals surface area contributed by atoms with Crippen LogP contribution in [0.3, 0.4) is 0 Å². The molecule has 0 aromatic carbocycles. The molecule has 14 heavy (non-hydrogen) atoms. The highest BCUT2D eigenvalue weighted by molar-refractivity contribution is 5.76. The van der Waals surface area contributed by atoms with Gasteiger partial charge in [-0.3, -0.25) is 15.3 Å². The van der Waals surface area contributed by atoms with E-state index in [-0.39, 0.29) is 12.3 Å². The smallest absolute Gasteiger partial charge is 0.238 e. The normalized spacial score (nSPS) is 9.86. The minimum atomic E-state index is -0.552. The topological polar surface area (TPSA) is 61.2 Å². The molecule has 0 aromatic rings. The maximum absolute atomic E-state index is 11.4. The van der Waals surface area contributed by atoms with Crippen molar-refractivity contribution in [1.29, 1.82) is 0 Å². The van der Waals surface area contributed by atoms with E-state index >= 15 is 0 Å². The summed E-state index contributed by atoms with van der Waals surface area (Å²) in [6, 6.07) is 0. The van der Waals surface area contributed by atoms with Gasteiger partial charge in [-0.2, -0.15) is 0 Å². The third kappa shape index (κ3) is 5.56. The van der Waals surface area contributed by atoms with E-state index in [1.54, 1.807) is 4.90 Å². The second-order valence-electron chi connectivity index (χ2n) is 3.25. The molecule has 0 unspecified atom stereocenters. The highest BCUT2D eigenvalue weighted by Crippen LogP contribution is 2.00. The Hall–Kier alpha value is -1.06. The van der Waals surface area contributed by atoms with Crippen LogP contribution in [0, 0.1) is 0 Å². The molecule has 0 fully saturated rings. The van der Waals surface area contributed by atoms with Gasteiger partial charge in [0.2, 0.25) is 11.8 Å². The lowest BCUT2D eigenvalue weighted by Crippen LogP contribution is -2.31. The molecule has 0 spiro atoms. The summed E-state index contributed by atoms with van der Waals surface area (Å²) in [7, 11) is 0. The predicted molar refractivity (Wildman–Crippen MR) is 54.5 cm³/mol. The molecule has 0 aliphatic heterocycles. The van der Waals surface area contributed by atoms with Crippen LogP contribution >= 0.6 is 0 Å². The van der Waals surface area contributed by atoms with Crippen molar-refractivity contribution >= 4 is 11.8 Å². The van der Waals surface area contributed by atoms with Gasteiger partial charge < -0.3 is 4.90 Å². The number of carbonyl (C=O) groups is 2. The molecular formula is C10H19N2O2. The van der Waals surface area contributed by atoms with E-state index in [1.807, 2.05) is 13.8 Å². The van der Waals surface area contributed by atoms with Crippen molar-refractivity contribution in [2.75, 3.05) is 13.1 Å². The van der Waals surface area contributed by atoms with E-state index in [9.17, 15) is 9.59 Å². The Morgan fingerprint density at radius 1 is 1.21 bits per heavy atom. The van der Waals surface area contributed by atoms with E-state index in [2.05, 4.69) is 0 Å². The predicted octanol–water partition coefficient (Wildman–Crippen LogP) is 1.22. The summed E-state index contributed by atoms with van der Waals surface area (Å²) in [6.45, 7) is 5.18. The molecule has 0 saturated carbocycles. The van der Waals surface area contributed by atoms with E-state index in [1.165, 1.54) is 0 Å². The maximum atomic E-state index is 11.4. The first-order valence-corrected chi connectivity index (χ1v) is 5.14. The van der Waals surface area contributed by atoms with Crippen molar-refractivity contribution in [3.63, 3.8) is 0 Å². The van der Waals surface area contributed by atoms with E-state index < -0.39 is 5.91 Å². The van der Waals surface area contributed by atoms with Crippen molar-refractivity contribution in [1.82, 2.24) is 10.6 Å². The van der Waals surface area contributed by atoms with Crippen LogP contribution in [-0.2, 0) is 9.59 Å². The van der Waals surface area contributed by atoms with E-state index in [4.69, 9.17) is 5.73 Å². The summed E-state index contributed by atoms with van der Waals surface area (Å²) < 4.78 is 0. The number of nitrogens with zero attached hydrogens (tertiary/aromatic N) is 1. The van der Waals surface area contributed by atoms with E-state index in [0.29, 0.717) is 25.9 Å². The molecule has 0 bridgehead atoms. The van der Waals surface area contributed by atoms with Crippen LogP contribution in [0.4, 0.5) is 0 Å². The molecule has 0 saturated heterocycles. The van der Waals surface area contributed by atoms with Gasteiger partial charge in [0.25, 0.3) is 0 Å². The Labute approximate surface area is 85.4 Å². The molecule has 0 heterocycles. The lowest BCUT2D eigenvalue weighted by atomic mass is 10.2. The van der Waals surface area contributed by atoms with Crippen molar-refractivity contribution in [3.8, 4) is 0 Å². The van der Waals surface area contributed by atoms with Gasteiger partial charge in [0.05, 0.1) is 0 Å². The quantitative estimate of drug-likeness (QED) is 0.619. The molecule has 0 aromatic heterocycles. The van der Waals surface area contributed by atoms with Crippen LogP contribution in [0.2, 0.25) is 0 Å². The average Bonchev–Trinajstić information content (AvgIpc) is 2.12.